The Balaban J connectivity index is 1.46. The Labute approximate surface area is 231 Å². The molecule has 4 aromatic heterocycles. The summed E-state index contributed by atoms with van der Waals surface area (Å²) in [6.07, 6.45) is 0. The van der Waals surface area contributed by atoms with E-state index in [1.54, 1.807) is 11.3 Å². The number of aromatic nitrogens is 3. The van der Waals surface area contributed by atoms with Crippen molar-refractivity contribution in [1.82, 2.24) is 14.5 Å². The van der Waals surface area contributed by atoms with E-state index in [9.17, 15) is 0 Å². The fourth-order valence-electron chi connectivity index (χ4n) is 5.87. The van der Waals surface area contributed by atoms with Gasteiger partial charge in [-0.1, -0.05) is 84.9 Å². The first-order valence-electron chi connectivity index (χ1n) is 12.9. The van der Waals surface area contributed by atoms with Crippen LogP contribution in [-0.2, 0) is 0 Å². The van der Waals surface area contributed by atoms with Crippen LogP contribution in [0.15, 0.2) is 115 Å². The van der Waals surface area contributed by atoms with Crippen molar-refractivity contribution in [2.24, 2.45) is 0 Å². The molecule has 0 amide bonds. The standard InChI is InChI=1S/C34H19N3S2/c1-2-10-20(11-3-1)31-33-32(23-14-6-9-17-29(23)39-33)36-34(35-31)37-26-15-7-4-12-21(26)24-19-30-25(18-27(24)37)22-13-5-8-16-28(22)38-30/h1-19H. The molecule has 0 fully saturated rings. The molecule has 5 heteroatoms. The van der Waals surface area contributed by atoms with Gasteiger partial charge in [-0.3, -0.25) is 4.57 Å². The minimum absolute atomic E-state index is 0.704. The van der Waals surface area contributed by atoms with Gasteiger partial charge in [0, 0.05) is 46.6 Å². The van der Waals surface area contributed by atoms with Crippen LogP contribution in [0.2, 0.25) is 0 Å². The van der Waals surface area contributed by atoms with Crippen LogP contribution in [-0.4, -0.2) is 14.5 Å². The lowest BCUT2D eigenvalue weighted by Crippen LogP contribution is -2.02. The summed E-state index contributed by atoms with van der Waals surface area (Å²) >= 11 is 3.62. The Hall–Kier alpha value is -4.58. The molecule has 0 aliphatic rings. The van der Waals surface area contributed by atoms with Gasteiger partial charge in [0.2, 0.25) is 5.95 Å². The number of hydrogen-bond donors (Lipinski definition) is 0. The average molecular weight is 534 g/mol. The quantitative estimate of drug-likeness (QED) is 0.221. The summed E-state index contributed by atoms with van der Waals surface area (Å²) in [6.45, 7) is 0. The summed E-state index contributed by atoms with van der Waals surface area (Å²) < 4.78 is 7.22. The van der Waals surface area contributed by atoms with Gasteiger partial charge < -0.3 is 0 Å². The highest BCUT2D eigenvalue weighted by atomic mass is 32.1. The molecule has 0 radical (unpaired) electrons. The van der Waals surface area contributed by atoms with Gasteiger partial charge in [0.25, 0.3) is 0 Å². The van der Waals surface area contributed by atoms with Crippen molar-refractivity contribution in [3.8, 4) is 17.2 Å². The van der Waals surface area contributed by atoms with Gasteiger partial charge in [0.05, 0.1) is 26.9 Å². The zero-order chi connectivity index (χ0) is 25.5. The molecular formula is C34H19N3S2. The molecular weight excluding hydrogens is 515 g/mol. The second-order valence-corrected chi connectivity index (χ2v) is 12.0. The summed E-state index contributed by atoms with van der Waals surface area (Å²) in [5.41, 5.74) is 5.33. The molecule has 0 spiro atoms. The molecule has 0 saturated heterocycles. The molecule has 0 saturated carbocycles. The summed E-state index contributed by atoms with van der Waals surface area (Å²) in [6, 6.07) is 41.0. The van der Waals surface area contributed by atoms with Crippen LogP contribution in [0.5, 0.6) is 0 Å². The number of fused-ring (bicyclic) bond motifs is 9. The third kappa shape index (κ3) is 3.03. The predicted octanol–water partition coefficient (Wildman–Crippen LogP) is 9.98. The highest BCUT2D eigenvalue weighted by Gasteiger charge is 2.20. The zero-order valence-corrected chi connectivity index (χ0v) is 22.3. The Morgan fingerprint density at radius 3 is 2.03 bits per heavy atom. The monoisotopic (exact) mass is 533 g/mol. The van der Waals surface area contributed by atoms with Gasteiger partial charge in [0.1, 0.15) is 0 Å². The van der Waals surface area contributed by atoms with Crippen molar-refractivity contribution in [3.05, 3.63) is 115 Å². The lowest BCUT2D eigenvalue weighted by atomic mass is 10.1. The number of rotatable bonds is 2. The predicted molar refractivity (Wildman–Crippen MR) is 168 cm³/mol. The van der Waals surface area contributed by atoms with Crippen LogP contribution >= 0.6 is 22.7 Å². The maximum atomic E-state index is 5.30. The van der Waals surface area contributed by atoms with Crippen LogP contribution in [0, 0.1) is 0 Å². The van der Waals surface area contributed by atoms with Crippen LogP contribution in [0.3, 0.4) is 0 Å². The first-order valence-corrected chi connectivity index (χ1v) is 14.6. The second-order valence-electron chi connectivity index (χ2n) is 9.83. The number of thiophene rings is 2. The van der Waals surface area contributed by atoms with Gasteiger partial charge in [-0.05, 0) is 30.3 Å². The maximum Gasteiger partial charge on any atom is 0.235 e. The van der Waals surface area contributed by atoms with E-state index in [-0.39, 0.29) is 0 Å². The van der Waals surface area contributed by atoms with Gasteiger partial charge in [-0.2, -0.15) is 0 Å². The Kier molecular flexibility index (Phi) is 4.36. The molecule has 9 rings (SSSR count). The summed E-state index contributed by atoms with van der Waals surface area (Å²) in [5, 5.41) is 6.18. The summed E-state index contributed by atoms with van der Waals surface area (Å²) in [4.78, 5) is 10.6. The van der Waals surface area contributed by atoms with Crippen molar-refractivity contribution < 1.29 is 0 Å². The van der Waals surface area contributed by atoms with E-state index in [1.807, 2.05) is 11.3 Å². The SMILES string of the molecule is c1ccc(-c2nc(-n3c4ccccc4c4cc5sc6ccccc6c5cc43)nc3c2sc2ccccc23)cc1. The fourth-order valence-corrected chi connectivity index (χ4v) is 8.15. The second kappa shape index (κ2) is 7.96. The van der Waals surface area contributed by atoms with Gasteiger partial charge in [-0.25, -0.2) is 9.97 Å². The molecule has 0 atom stereocenters. The van der Waals surface area contributed by atoms with Gasteiger partial charge >= 0.3 is 0 Å². The molecule has 3 nitrogen and oxygen atoms in total. The van der Waals surface area contributed by atoms with E-state index in [2.05, 4.69) is 120 Å². The number of para-hydroxylation sites is 1. The first-order chi connectivity index (χ1) is 19.3. The molecule has 9 aromatic rings. The van der Waals surface area contributed by atoms with Gasteiger partial charge in [0.15, 0.2) is 0 Å². The summed E-state index contributed by atoms with van der Waals surface area (Å²) in [7, 11) is 0. The van der Waals surface area contributed by atoms with E-state index in [0.29, 0.717) is 5.95 Å². The van der Waals surface area contributed by atoms with E-state index in [0.717, 1.165) is 32.5 Å². The molecule has 0 N–H and O–H groups in total. The molecule has 0 aliphatic carbocycles. The largest absolute Gasteiger partial charge is 0.278 e. The van der Waals surface area contributed by atoms with E-state index < -0.39 is 0 Å². The molecule has 0 aliphatic heterocycles. The zero-order valence-electron chi connectivity index (χ0n) is 20.6. The van der Waals surface area contributed by atoms with Crippen LogP contribution in [0.4, 0.5) is 0 Å². The van der Waals surface area contributed by atoms with Crippen molar-refractivity contribution in [3.63, 3.8) is 0 Å². The lowest BCUT2D eigenvalue weighted by molar-refractivity contribution is 1.02. The first kappa shape index (κ1) is 21.4. The smallest absolute Gasteiger partial charge is 0.235 e. The Bertz CT molecular complexity index is 2390. The molecule has 5 aromatic carbocycles. The van der Waals surface area contributed by atoms with Gasteiger partial charge in [-0.15, -0.1) is 22.7 Å². The van der Waals surface area contributed by atoms with Crippen molar-refractivity contribution >= 4 is 85.0 Å². The van der Waals surface area contributed by atoms with E-state index in [1.165, 1.54) is 41.0 Å². The minimum Gasteiger partial charge on any atom is -0.278 e. The highest BCUT2D eigenvalue weighted by molar-refractivity contribution is 7.26. The Morgan fingerprint density at radius 1 is 0.487 bits per heavy atom. The normalized spacial score (nSPS) is 12.1. The summed E-state index contributed by atoms with van der Waals surface area (Å²) in [5.74, 6) is 0.704. The third-order valence-electron chi connectivity index (χ3n) is 7.63. The number of nitrogens with zero attached hydrogens (tertiary/aromatic N) is 3. The van der Waals surface area contributed by atoms with Crippen LogP contribution < -0.4 is 0 Å². The molecule has 4 heterocycles. The number of benzene rings is 5. The minimum atomic E-state index is 0.704. The highest BCUT2D eigenvalue weighted by Crippen LogP contribution is 2.42. The van der Waals surface area contributed by atoms with Crippen LogP contribution in [0.1, 0.15) is 0 Å². The van der Waals surface area contributed by atoms with Crippen LogP contribution in [0.25, 0.3) is 79.5 Å². The number of hydrogen-bond acceptors (Lipinski definition) is 4. The van der Waals surface area contributed by atoms with Crippen molar-refractivity contribution in [1.29, 1.82) is 0 Å². The van der Waals surface area contributed by atoms with E-state index >= 15 is 0 Å². The molecule has 182 valence electrons. The maximum absolute atomic E-state index is 5.30. The molecule has 0 bridgehead atoms. The topological polar surface area (TPSA) is 30.7 Å². The fraction of sp³-hybridized carbons (Fsp3) is 0. The molecule has 0 unspecified atom stereocenters. The third-order valence-corrected chi connectivity index (χ3v) is 9.93. The van der Waals surface area contributed by atoms with E-state index in [4.69, 9.17) is 9.97 Å². The van der Waals surface area contributed by atoms with Crippen molar-refractivity contribution in [2.45, 2.75) is 0 Å². The molecule has 39 heavy (non-hydrogen) atoms. The Morgan fingerprint density at radius 2 is 1.18 bits per heavy atom. The lowest BCUT2D eigenvalue weighted by Gasteiger charge is -2.10. The average Bonchev–Trinajstić information content (AvgIpc) is 3.65. The van der Waals surface area contributed by atoms with Crippen molar-refractivity contribution in [2.75, 3.05) is 0 Å².